The summed E-state index contributed by atoms with van der Waals surface area (Å²) < 4.78 is 0. The molecule has 3 amide bonds. The number of hydrogen-bond acceptors (Lipinski definition) is 3. The van der Waals surface area contributed by atoms with Gasteiger partial charge in [0, 0.05) is 37.6 Å². The number of benzene rings is 2. The summed E-state index contributed by atoms with van der Waals surface area (Å²) in [4.78, 5) is 40.8. The Morgan fingerprint density at radius 2 is 1.74 bits per heavy atom. The maximum Gasteiger partial charge on any atom is 0.318 e. The Bertz CT molecular complexity index is 1040. The molecule has 0 saturated carbocycles. The van der Waals surface area contributed by atoms with Gasteiger partial charge in [-0.2, -0.15) is 0 Å². The van der Waals surface area contributed by atoms with Crippen LogP contribution in [-0.2, 0) is 22.7 Å². The van der Waals surface area contributed by atoms with Gasteiger partial charge in [-0.1, -0.05) is 53.1 Å². The minimum Gasteiger partial charge on any atom is -0.481 e. The average Bonchev–Trinajstić information content (AvgIpc) is 2.76. The van der Waals surface area contributed by atoms with E-state index in [0.29, 0.717) is 44.0 Å². The minimum absolute atomic E-state index is 0.0266. The van der Waals surface area contributed by atoms with E-state index in [1.807, 2.05) is 38.1 Å². The fourth-order valence-corrected chi connectivity index (χ4v) is 4.50. The van der Waals surface area contributed by atoms with Gasteiger partial charge in [0.15, 0.2) is 0 Å². The van der Waals surface area contributed by atoms with Crippen molar-refractivity contribution in [1.29, 1.82) is 0 Å². The van der Waals surface area contributed by atoms with Crippen LogP contribution in [0.4, 0.5) is 4.79 Å². The maximum absolute atomic E-state index is 13.6. The topological polar surface area (TPSA) is 90.0 Å². The van der Waals surface area contributed by atoms with Crippen LogP contribution in [0.1, 0.15) is 48.4 Å². The molecular weight excluding hydrogens is 454 g/mol. The lowest BCUT2D eigenvalue weighted by atomic mass is 9.85. The van der Waals surface area contributed by atoms with Gasteiger partial charge >= 0.3 is 12.0 Å². The number of rotatable bonds is 9. The molecule has 0 bridgehead atoms. The lowest BCUT2D eigenvalue weighted by Gasteiger charge is -2.50. The third-order valence-electron chi connectivity index (χ3n) is 6.24. The van der Waals surface area contributed by atoms with Gasteiger partial charge in [0.05, 0.1) is 0 Å². The SMILES string of the molecule is Cc1cc(C)cc(CNC(=O)N2CCC2(C)C(=O)N(CCCC(=O)O)Cc2ccc(Cl)cc2)c1. The predicted molar refractivity (Wildman–Crippen MR) is 132 cm³/mol. The summed E-state index contributed by atoms with van der Waals surface area (Å²) >= 11 is 5.98. The molecule has 34 heavy (non-hydrogen) atoms. The van der Waals surface area contributed by atoms with Crippen LogP contribution in [0.5, 0.6) is 0 Å². The van der Waals surface area contributed by atoms with Crippen LogP contribution in [0.3, 0.4) is 0 Å². The number of hydrogen-bond donors (Lipinski definition) is 2. The number of likely N-dealkylation sites (tertiary alicyclic amines) is 1. The number of carboxylic acid groups (broad SMARTS) is 1. The normalized spacial score (nSPS) is 17.1. The van der Waals surface area contributed by atoms with Crippen LogP contribution in [0.2, 0.25) is 5.02 Å². The molecule has 0 spiro atoms. The molecule has 1 fully saturated rings. The molecule has 1 saturated heterocycles. The van der Waals surface area contributed by atoms with Crippen LogP contribution in [0, 0.1) is 13.8 Å². The average molecular weight is 486 g/mol. The van der Waals surface area contributed by atoms with Gasteiger partial charge in [-0.25, -0.2) is 4.79 Å². The summed E-state index contributed by atoms with van der Waals surface area (Å²) in [6, 6.07) is 13.1. The molecule has 1 atom stereocenters. The maximum atomic E-state index is 13.6. The Kier molecular flexibility index (Phi) is 8.20. The van der Waals surface area contributed by atoms with E-state index in [9.17, 15) is 14.4 Å². The highest BCUT2D eigenvalue weighted by Crippen LogP contribution is 2.33. The fraction of sp³-hybridized carbons (Fsp3) is 0.423. The number of halogens is 1. The van der Waals surface area contributed by atoms with Crippen LogP contribution in [-0.4, -0.2) is 51.4 Å². The standard InChI is InChI=1S/C26H32ClN3O4/c1-18-13-19(2)15-21(14-18)16-28-25(34)30-12-10-26(30,3)24(33)29(11-4-5-23(31)32)17-20-6-8-22(27)9-7-20/h6-9,13-15H,4-5,10-12,16-17H2,1-3H3,(H,28,34)(H,31,32). The van der Waals surface area contributed by atoms with Gasteiger partial charge in [0.1, 0.15) is 5.54 Å². The molecule has 1 aliphatic rings. The second kappa shape index (κ2) is 10.9. The number of aryl methyl sites for hydroxylation is 2. The second-order valence-electron chi connectivity index (χ2n) is 9.18. The van der Waals surface area contributed by atoms with E-state index in [4.69, 9.17) is 16.7 Å². The summed E-state index contributed by atoms with van der Waals surface area (Å²) in [7, 11) is 0. The molecule has 2 aromatic rings. The molecule has 1 unspecified atom stereocenters. The van der Waals surface area contributed by atoms with Gasteiger partial charge in [0.2, 0.25) is 5.91 Å². The predicted octanol–water partition coefficient (Wildman–Crippen LogP) is 4.52. The van der Waals surface area contributed by atoms with Crippen molar-refractivity contribution in [3.63, 3.8) is 0 Å². The summed E-state index contributed by atoms with van der Waals surface area (Å²) in [6.07, 6.45) is 0.865. The summed E-state index contributed by atoms with van der Waals surface area (Å²) in [6.45, 7) is 7.30. The molecule has 7 nitrogen and oxygen atoms in total. The van der Waals surface area contributed by atoms with Crippen molar-refractivity contribution in [3.8, 4) is 0 Å². The molecular formula is C26H32ClN3O4. The second-order valence-corrected chi connectivity index (χ2v) is 9.62. The number of amides is 3. The first-order valence-electron chi connectivity index (χ1n) is 11.5. The molecule has 0 aromatic heterocycles. The summed E-state index contributed by atoms with van der Waals surface area (Å²) in [5.74, 6) is -1.08. The molecule has 3 rings (SSSR count). The number of aliphatic carboxylic acids is 1. The Morgan fingerprint density at radius 3 is 2.29 bits per heavy atom. The van der Waals surface area contributed by atoms with E-state index in [1.54, 1.807) is 28.9 Å². The van der Waals surface area contributed by atoms with E-state index in [2.05, 4.69) is 11.4 Å². The molecule has 8 heteroatoms. The Hall–Kier alpha value is -3.06. The highest BCUT2D eigenvalue weighted by Gasteiger charge is 2.51. The van der Waals surface area contributed by atoms with E-state index in [-0.39, 0.29) is 18.4 Å². The number of carbonyl (C=O) groups is 3. The molecule has 182 valence electrons. The quantitative estimate of drug-likeness (QED) is 0.546. The highest BCUT2D eigenvalue weighted by atomic mass is 35.5. The number of nitrogens with zero attached hydrogens (tertiary/aromatic N) is 2. The monoisotopic (exact) mass is 485 g/mol. The van der Waals surface area contributed by atoms with Gasteiger partial charge in [0.25, 0.3) is 0 Å². The number of carbonyl (C=O) groups excluding carboxylic acids is 2. The zero-order valence-electron chi connectivity index (χ0n) is 19.9. The third kappa shape index (κ3) is 6.29. The lowest BCUT2D eigenvalue weighted by molar-refractivity contribution is -0.149. The van der Waals surface area contributed by atoms with E-state index < -0.39 is 11.5 Å². The molecule has 0 aliphatic carbocycles. The number of carboxylic acids is 1. The minimum atomic E-state index is -0.970. The zero-order valence-corrected chi connectivity index (χ0v) is 20.7. The van der Waals surface area contributed by atoms with Crippen LogP contribution < -0.4 is 5.32 Å². The third-order valence-corrected chi connectivity index (χ3v) is 6.49. The van der Waals surface area contributed by atoms with Gasteiger partial charge in [-0.15, -0.1) is 0 Å². The van der Waals surface area contributed by atoms with Crippen molar-refractivity contribution in [3.05, 3.63) is 69.7 Å². The van der Waals surface area contributed by atoms with Crippen LogP contribution in [0.25, 0.3) is 0 Å². The molecule has 2 aromatic carbocycles. The van der Waals surface area contributed by atoms with Gasteiger partial charge < -0.3 is 20.2 Å². The lowest BCUT2D eigenvalue weighted by Crippen LogP contribution is -2.69. The van der Waals surface area contributed by atoms with Crippen molar-refractivity contribution in [2.24, 2.45) is 0 Å². The van der Waals surface area contributed by atoms with Crippen molar-refractivity contribution in [2.45, 2.75) is 58.7 Å². The summed E-state index contributed by atoms with van der Waals surface area (Å²) in [5.41, 5.74) is 3.20. The van der Waals surface area contributed by atoms with Crippen molar-refractivity contribution in [2.75, 3.05) is 13.1 Å². The van der Waals surface area contributed by atoms with Crippen molar-refractivity contribution >= 4 is 29.5 Å². The van der Waals surface area contributed by atoms with E-state index in [0.717, 1.165) is 22.3 Å². The first-order valence-corrected chi connectivity index (χ1v) is 11.8. The van der Waals surface area contributed by atoms with Gasteiger partial charge in [-0.05, 0) is 56.9 Å². The first kappa shape index (κ1) is 25.6. The highest BCUT2D eigenvalue weighted by molar-refractivity contribution is 6.30. The smallest absolute Gasteiger partial charge is 0.318 e. The first-order chi connectivity index (χ1) is 16.1. The molecule has 1 heterocycles. The largest absolute Gasteiger partial charge is 0.481 e. The molecule has 2 N–H and O–H groups in total. The number of nitrogens with one attached hydrogen (secondary N) is 1. The fourth-order valence-electron chi connectivity index (χ4n) is 4.38. The Balaban J connectivity index is 1.69. The molecule has 1 aliphatic heterocycles. The van der Waals surface area contributed by atoms with Crippen LogP contribution >= 0.6 is 11.6 Å². The van der Waals surface area contributed by atoms with Gasteiger partial charge in [-0.3, -0.25) is 9.59 Å². The van der Waals surface area contributed by atoms with E-state index in [1.165, 1.54) is 0 Å². The van der Waals surface area contributed by atoms with Crippen LogP contribution in [0.15, 0.2) is 42.5 Å². The Labute approximate surface area is 205 Å². The van der Waals surface area contributed by atoms with Crippen molar-refractivity contribution < 1.29 is 19.5 Å². The molecule has 0 radical (unpaired) electrons. The number of urea groups is 1. The zero-order chi connectivity index (χ0) is 24.9. The summed E-state index contributed by atoms with van der Waals surface area (Å²) in [5, 5.41) is 12.6. The van der Waals surface area contributed by atoms with Crippen molar-refractivity contribution in [1.82, 2.24) is 15.1 Å². The van der Waals surface area contributed by atoms with E-state index >= 15 is 0 Å². The Morgan fingerprint density at radius 1 is 1.09 bits per heavy atom.